The number of rotatable bonds is 0. The van der Waals surface area contributed by atoms with Gasteiger partial charge in [-0.05, 0) is 24.3 Å². The van der Waals surface area contributed by atoms with Gasteiger partial charge in [-0.1, -0.05) is 0 Å². The smallest absolute Gasteiger partial charge is 0.231 e. The molecule has 2 aromatic carbocycles. The number of phenols is 1. The number of fused-ring (bicyclic) bond motifs is 2. The molecule has 0 saturated heterocycles. The van der Waals surface area contributed by atoms with Crippen LogP contribution in [0.4, 0.5) is 5.69 Å². The van der Waals surface area contributed by atoms with Crippen LogP contribution in [0.3, 0.4) is 0 Å². The highest BCUT2D eigenvalue weighted by Crippen LogP contribution is 2.34. The average Bonchev–Trinajstić information content (AvgIpc) is 3.06. The lowest BCUT2D eigenvalue weighted by atomic mass is 10.3. The summed E-state index contributed by atoms with van der Waals surface area (Å²) in [6, 6.07) is 10.1. The quantitative estimate of drug-likeness (QED) is 0.716. The Labute approximate surface area is 115 Å². The molecule has 6 nitrogen and oxygen atoms in total. The normalized spacial score (nSPS) is 13.6. The van der Waals surface area contributed by atoms with Crippen molar-refractivity contribution in [3.05, 3.63) is 36.4 Å². The molecule has 2 heterocycles. The van der Waals surface area contributed by atoms with Gasteiger partial charge in [0.15, 0.2) is 23.0 Å². The minimum absolute atomic E-state index is 0.198. The molecule has 0 bridgehead atoms. The van der Waals surface area contributed by atoms with Crippen LogP contribution in [0.5, 0.6) is 28.7 Å². The lowest BCUT2D eigenvalue weighted by molar-refractivity contribution is 0.173. The zero-order valence-corrected chi connectivity index (χ0v) is 10.5. The number of hydrogen-bond donors (Lipinski definition) is 2. The van der Waals surface area contributed by atoms with E-state index >= 15 is 0 Å². The van der Waals surface area contributed by atoms with E-state index in [1.165, 1.54) is 6.07 Å². The topological polar surface area (TPSA) is 83.2 Å². The highest BCUT2D eigenvalue weighted by atomic mass is 16.7. The second kappa shape index (κ2) is 5.08. The van der Waals surface area contributed by atoms with Crippen LogP contribution in [0.25, 0.3) is 0 Å². The molecule has 0 unspecified atom stereocenters. The van der Waals surface area contributed by atoms with Crippen molar-refractivity contribution in [1.29, 1.82) is 0 Å². The minimum Gasteiger partial charge on any atom is -0.508 e. The summed E-state index contributed by atoms with van der Waals surface area (Å²) in [4.78, 5) is 0. The molecule has 0 radical (unpaired) electrons. The van der Waals surface area contributed by atoms with Crippen LogP contribution < -0.4 is 24.7 Å². The molecule has 0 atom stereocenters. The molecular formula is C14H13NO5. The Morgan fingerprint density at radius 1 is 0.750 bits per heavy atom. The number of aromatic hydroxyl groups is 1. The summed E-state index contributed by atoms with van der Waals surface area (Å²) in [5.41, 5.74) is 6.19. The van der Waals surface area contributed by atoms with Gasteiger partial charge in [0, 0.05) is 17.8 Å². The second-order valence-electron chi connectivity index (χ2n) is 4.15. The van der Waals surface area contributed by atoms with Crippen LogP contribution in [-0.2, 0) is 0 Å². The monoisotopic (exact) mass is 275 g/mol. The van der Waals surface area contributed by atoms with E-state index in [1.54, 1.807) is 30.3 Å². The standard InChI is InChI=1S/C7H7NO2.C7H6O3/c2*8-5-1-2-6-7(3-5)10-4-9-6/h1-3H,4,8H2;1-3,8H,4H2. The van der Waals surface area contributed by atoms with E-state index in [0.29, 0.717) is 24.0 Å². The molecule has 2 aromatic rings. The molecule has 0 amide bonds. The first-order valence-electron chi connectivity index (χ1n) is 5.96. The van der Waals surface area contributed by atoms with Crippen molar-refractivity contribution in [3.63, 3.8) is 0 Å². The largest absolute Gasteiger partial charge is 0.508 e. The number of nitrogens with two attached hydrogens (primary N) is 1. The zero-order chi connectivity index (χ0) is 13.9. The first-order chi connectivity index (χ1) is 9.72. The predicted octanol–water partition coefficient (Wildman–Crippen LogP) is 2.12. The molecule has 6 heteroatoms. The van der Waals surface area contributed by atoms with Crippen LogP contribution in [0.1, 0.15) is 0 Å². The number of benzene rings is 2. The number of hydrogen-bond acceptors (Lipinski definition) is 6. The van der Waals surface area contributed by atoms with E-state index < -0.39 is 0 Å². The fraction of sp³-hybridized carbons (Fsp3) is 0.143. The fourth-order valence-electron chi connectivity index (χ4n) is 1.80. The van der Waals surface area contributed by atoms with E-state index in [4.69, 9.17) is 29.8 Å². The molecule has 2 aliphatic rings. The van der Waals surface area contributed by atoms with Crippen LogP contribution in [0, 0.1) is 0 Å². The molecule has 2 aliphatic heterocycles. The highest BCUT2D eigenvalue weighted by Gasteiger charge is 2.12. The fourth-order valence-corrected chi connectivity index (χ4v) is 1.80. The molecule has 20 heavy (non-hydrogen) atoms. The molecular weight excluding hydrogens is 262 g/mol. The minimum atomic E-state index is 0.198. The summed E-state index contributed by atoms with van der Waals surface area (Å²) in [7, 11) is 0. The third-order valence-electron chi connectivity index (χ3n) is 2.75. The SMILES string of the molecule is Nc1ccc2c(c1)OCO2.Oc1ccc2c(c1)OCO2. The molecule has 0 aromatic heterocycles. The van der Waals surface area contributed by atoms with Gasteiger partial charge in [-0.2, -0.15) is 0 Å². The van der Waals surface area contributed by atoms with Gasteiger partial charge in [0.1, 0.15) is 5.75 Å². The van der Waals surface area contributed by atoms with Gasteiger partial charge < -0.3 is 29.8 Å². The Balaban J connectivity index is 0.000000121. The lowest BCUT2D eigenvalue weighted by Crippen LogP contribution is -1.92. The summed E-state index contributed by atoms with van der Waals surface area (Å²) in [6.45, 7) is 0.553. The van der Waals surface area contributed by atoms with Gasteiger partial charge >= 0.3 is 0 Å². The Kier molecular flexibility index (Phi) is 3.12. The average molecular weight is 275 g/mol. The van der Waals surface area contributed by atoms with Crippen LogP contribution in [-0.4, -0.2) is 18.7 Å². The van der Waals surface area contributed by atoms with E-state index in [-0.39, 0.29) is 12.5 Å². The summed E-state index contributed by atoms with van der Waals surface area (Å²) in [5, 5.41) is 8.96. The number of ether oxygens (including phenoxy) is 4. The van der Waals surface area contributed by atoms with E-state index in [1.807, 2.05) is 0 Å². The van der Waals surface area contributed by atoms with E-state index in [9.17, 15) is 0 Å². The number of nitrogen functional groups attached to an aromatic ring is 1. The van der Waals surface area contributed by atoms with Crippen molar-refractivity contribution in [2.24, 2.45) is 0 Å². The van der Waals surface area contributed by atoms with Gasteiger partial charge in [-0.25, -0.2) is 0 Å². The van der Waals surface area contributed by atoms with Crippen molar-refractivity contribution in [1.82, 2.24) is 0 Å². The third-order valence-corrected chi connectivity index (χ3v) is 2.75. The van der Waals surface area contributed by atoms with Crippen LogP contribution >= 0.6 is 0 Å². The van der Waals surface area contributed by atoms with Gasteiger partial charge in [0.05, 0.1) is 0 Å². The Morgan fingerprint density at radius 3 is 2.00 bits per heavy atom. The molecule has 0 fully saturated rings. The maximum Gasteiger partial charge on any atom is 0.231 e. The van der Waals surface area contributed by atoms with Gasteiger partial charge in [-0.15, -0.1) is 0 Å². The van der Waals surface area contributed by atoms with Crippen molar-refractivity contribution >= 4 is 5.69 Å². The Bertz CT molecular complexity index is 573. The summed E-state index contributed by atoms with van der Waals surface area (Å²) < 4.78 is 20.2. The lowest BCUT2D eigenvalue weighted by Gasteiger charge is -1.94. The molecule has 3 N–H and O–H groups in total. The highest BCUT2D eigenvalue weighted by molar-refractivity contribution is 5.52. The van der Waals surface area contributed by atoms with Gasteiger partial charge in [0.2, 0.25) is 13.6 Å². The first kappa shape index (κ1) is 12.3. The molecule has 104 valence electrons. The summed E-state index contributed by atoms with van der Waals surface area (Å²) >= 11 is 0. The van der Waals surface area contributed by atoms with Gasteiger partial charge in [0.25, 0.3) is 0 Å². The summed E-state index contributed by atoms with van der Waals surface area (Å²) in [6.07, 6.45) is 0. The van der Waals surface area contributed by atoms with E-state index in [2.05, 4.69) is 0 Å². The maximum atomic E-state index is 8.96. The Hall–Kier alpha value is -2.76. The van der Waals surface area contributed by atoms with Crippen LogP contribution in [0.2, 0.25) is 0 Å². The predicted molar refractivity (Wildman–Crippen MR) is 71.2 cm³/mol. The van der Waals surface area contributed by atoms with Gasteiger partial charge in [-0.3, -0.25) is 0 Å². The number of anilines is 1. The number of phenolic OH excluding ortho intramolecular Hbond substituents is 1. The first-order valence-corrected chi connectivity index (χ1v) is 5.96. The van der Waals surface area contributed by atoms with Crippen molar-refractivity contribution < 1.29 is 24.1 Å². The molecule has 0 aliphatic carbocycles. The van der Waals surface area contributed by atoms with Crippen molar-refractivity contribution in [3.8, 4) is 28.7 Å². The van der Waals surface area contributed by atoms with Crippen molar-refractivity contribution in [2.75, 3.05) is 19.3 Å². The van der Waals surface area contributed by atoms with Crippen LogP contribution in [0.15, 0.2) is 36.4 Å². The molecule has 0 saturated carbocycles. The van der Waals surface area contributed by atoms with E-state index in [0.717, 1.165) is 11.5 Å². The molecule has 0 spiro atoms. The van der Waals surface area contributed by atoms with Crippen molar-refractivity contribution in [2.45, 2.75) is 0 Å². The third kappa shape index (κ3) is 2.49. The second-order valence-corrected chi connectivity index (χ2v) is 4.15. The zero-order valence-electron chi connectivity index (χ0n) is 10.5. The molecule has 4 rings (SSSR count). The summed E-state index contributed by atoms with van der Waals surface area (Å²) in [5.74, 6) is 3.01. The maximum absolute atomic E-state index is 8.96. The Morgan fingerprint density at radius 2 is 1.30 bits per heavy atom.